The maximum absolute atomic E-state index is 6.08. The Bertz CT molecular complexity index is 605. The molecule has 0 saturated heterocycles. The van der Waals surface area contributed by atoms with Crippen LogP contribution in [0.3, 0.4) is 0 Å². The van der Waals surface area contributed by atoms with Crippen molar-refractivity contribution in [3.63, 3.8) is 0 Å². The van der Waals surface area contributed by atoms with E-state index in [4.69, 9.17) is 5.73 Å². The molecule has 0 aromatic heterocycles. The van der Waals surface area contributed by atoms with Gasteiger partial charge in [-0.25, -0.2) is 0 Å². The summed E-state index contributed by atoms with van der Waals surface area (Å²) in [6, 6.07) is 10.8. The van der Waals surface area contributed by atoms with Gasteiger partial charge in [0, 0.05) is 0 Å². The molecule has 0 fully saturated rings. The molecule has 0 amide bonds. The van der Waals surface area contributed by atoms with E-state index >= 15 is 0 Å². The van der Waals surface area contributed by atoms with Gasteiger partial charge in [-0.3, -0.25) is 0 Å². The van der Waals surface area contributed by atoms with Crippen molar-refractivity contribution in [1.29, 1.82) is 0 Å². The summed E-state index contributed by atoms with van der Waals surface area (Å²) < 4.78 is 2.77. The van der Waals surface area contributed by atoms with Crippen LogP contribution in [0.15, 0.2) is 30.3 Å². The number of fused-ring (bicyclic) bond motifs is 2. The molecule has 1 aliphatic heterocycles. The molecule has 2 nitrogen and oxygen atoms in total. The number of nitrogens with two attached hydrogens (primary N) is 1. The molecule has 2 aromatic rings. The van der Waals surface area contributed by atoms with E-state index in [0.717, 1.165) is 11.4 Å². The zero-order chi connectivity index (χ0) is 12.0. The third kappa shape index (κ3) is 1.82. The van der Waals surface area contributed by atoms with Crippen LogP contribution in [-0.4, -0.2) is 15.0 Å². The van der Waals surface area contributed by atoms with Crippen molar-refractivity contribution >= 4 is 40.9 Å². The molecule has 86 valence electrons. The molecule has 3 rings (SSSR count). The van der Waals surface area contributed by atoms with E-state index in [1.807, 2.05) is 6.07 Å². The first-order chi connectivity index (χ1) is 8.13. The molecule has 0 unspecified atom stereocenters. The molecule has 0 radical (unpaired) electrons. The predicted octanol–water partition coefficient (Wildman–Crippen LogP) is 1.60. The topological polar surface area (TPSA) is 38.0 Å². The summed E-state index contributed by atoms with van der Waals surface area (Å²) in [5, 5.41) is 3.45. The minimum atomic E-state index is 0.349. The fraction of sp³-hybridized carbons (Fsp3) is 0.143. The standard InChI is InChI=1S/C14H14N2Se/c1-8-3-4-11-12(6-8)17-13-7-9(2)5-10(15)14(13)16-11/h3-7,16H,15H2,1-2H3. The first-order valence-corrected chi connectivity index (χ1v) is 7.30. The second-order valence-electron chi connectivity index (χ2n) is 4.45. The quantitative estimate of drug-likeness (QED) is 0.487. The first-order valence-electron chi connectivity index (χ1n) is 5.59. The number of hydrogen-bond donors (Lipinski definition) is 2. The zero-order valence-electron chi connectivity index (χ0n) is 9.87. The average molecular weight is 289 g/mol. The number of rotatable bonds is 0. The van der Waals surface area contributed by atoms with Crippen LogP contribution in [0.25, 0.3) is 0 Å². The third-order valence-corrected chi connectivity index (χ3v) is 5.20. The molecule has 0 spiro atoms. The van der Waals surface area contributed by atoms with Crippen LogP contribution in [0.2, 0.25) is 0 Å². The monoisotopic (exact) mass is 290 g/mol. The van der Waals surface area contributed by atoms with Gasteiger partial charge in [0.15, 0.2) is 0 Å². The zero-order valence-corrected chi connectivity index (χ0v) is 11.6. The summed E-state index contributed by atoms with van der Waals surface area (Å²) >= 11 is 0.349. The average Bonchev–Trinajstić information content (AvgIpc) is 2.26. The van der Waals surface area contributed by atoms with E-state index in [-0.39, 0.29) is 0 Å². The van der Waals surface area contributed by atoms with Gasteiger partial charge in [-0.1, -0.05) is 0 Å². The van der Waals surface area contributed by atoms with Gasteiger partial charge < -0.3 is 0 Å². The van der Waals surface area contributed by atoms with Crippen LogP contribution in [0, 0.1) is 13.8 Å². The molecule has 0 atom stereocenters. The van der Waals surface area contributed by atoms with Gasteiger partial charge in [0.2, 0.25) is 0 Å². The van der Waals surface area contributed by atoms with Crippen molar-refractivity contribution in [3.8, 4) is 0 Å². The molecule has 2 aromatic carbocycles. The number of benzene rings is 2. The van der Waals surface area contributed by atoms with Crippen molar-refractivity contribution in [2.45, 2.75) is 13.8 Å². The van der Waals surface area contributed by atoms with Gasteiger partial charge in [-0.15, -0.1) is 0 Å². The van der Waals surface area contributed by atoms with E-state index in [0.29, 0.717) is 15.0 Å². The van der Waals surface area contributed by atoms with Crippen LogP contribution < -0.4 is 20.0 Å². The Balaban J connectivity index is 2.14. The Morgan fingerprint density at radius 3 is 2.59 bits per heavy atom. The van der Waals surface area contributed by atoms with Crippen molar-refractivity contribution in [2.75, 3.05) is 11.1 Å². The third-order valence-electron chi connectivity index (χ3n) is 2.89. The van der Waals surface area contributed by atoms with Crippen molar-refractivity contribution < 1.29 is 0 Å². The predicted molar refractivity (Wildman–Crippen MR) is 75.1 cm³/mol. The van der Waals surface area contributed by atoms with Crippen molar-refractivity contribution in [3.05, 3.63) is 41.5 Å². The van der Waals surface area contributed by atoms with Crippen LogP contribution in [-0.2, 0) is 0 Å². The first kappa shape index (κ1) is 10.7. The molecule has 1 aliphatic rings. The summed E-state index contributed by atoms with van der Waals surface area (Å²) in [5.74, 6) is 0. The van der Waals surface area contributed by atoms with Gasteiger partial charge >= 0.3 is 107 Å². The van der Waals surface area contributed by atoms with E-state index in [1.54, 1.807) is 0 Å². The van der Waals surface area contributed by atoms with Crippen LogP contribution in [0.4, 0.5) is 17.1 Å². The van der Waals surface area contributed by atoms with Crippen LogP contribution in [0.5, 0.6) is 0 Å². The Morgan fingerprint density at radius 1 is 1.00 bits per heavy atom. The summed E-state index contributed by atoms with van der Waals surface area (Å²) in [6.45, 7) is 4.23. The fourth-order valence-electron chi connectivity index (χ4n) is 2.06. The van der Waals surface area contributed by atoms with Crippen LogP contribution >= 0.6 is 0 Å². The maximum atomic E-state index is 6.08. The van der Waals surface area contributed by atoms with E-state index in [1.165, 1.54) is 25.7 Å². The second kappa shape index (κ2) is 3.79. The van der Waals surface area contributed by atoms with Gasteiger partial charge in [-0.05, 0) is 0 Å². The Hall–Kier alpha value is -1.44. The molecule has 17 heavy (non-hydrogen) atoms. The second-order valence-corrected chi connectivity index (χ2v) is 6.73. The number of aryl methyl sites for hydroxylation is 2. The number of nitrogens with one attached hydrogen (secondary N) is 1. The molecule has 0 saturated carbocycles. The summed E-state index contributed by atoms with van der Waals surface area (Å²) in [6.07, 6.45) is 0. The number of anilines is 3. The molecular weight excluding hydrogens is 275 g/mol. The molecular formula is C14H14N2Se. The van der Waals surface area contributed by atoms with Gasteiger partial charge in [0.25, 0.3) is 0 Å². The summed E-state index contributed by atoms with van der Waals surface area (Å²) in [5.41, 5.74) is 11.8. The Labute approximate surface area is 107 Å². The molecule has 0 bridgehead atoms. The van der Waals surface area contributed by atoms with E-state index < -0.39 is 0 Å². The van der Waals surface area contributed by atoms with Gasteiger partial charge in [0.05, 0.1) is 0 Å². The Kier molecular flexibility index (Phi) is 2.39. The Morgan fingerprint density at radius 2 is 1.76 bits per heavy atom. The normalized spacial score (nSPS) is 12.6. The van der Waals surface area contributed by atoms with Crippen molar-refractivity contribution in [2.24, 2.45) is 0 Å². The minimum absolute atomic E-state index is 0.349. The van der Waals surface area contributed by atoms with Crippen molar-refractivity contribution in [1.82, 2.24) is 0 Å². The number of nitrogen functional groups attached to an aromatic ring is 1. The molecule has 3 N–H and O–H groups in total. The SMILES string of the molecule is Cc1ccc2c(c1)[Se]c1cc(C)cc(N)c1N2. The summed E-state index contributed by atoms with van der Waals surface area (Å²) in [4.78, 5) is 0. The molecule has 3 heteroatoms. The van der Waals surface area contributed by atoms with E-state index in [2.05, 4.69) is 43.4 Å². The number of hydrogen-bond acceptors (Lipinski definition) is 2. The van der Waals surface area contributed by atoms with Gasteiger partial charge in [0.1, 0.15) is 0 Å². The molecule has 0 aliphatic carbocycles. The van der Waals surface area contributed by atoms with Gasteiger partial charge in [-0.2, -0.15) is 0 Å². The van der Waals surface area contributed by atoms with Crippen LogP contribution in [0.1, 0.15) is 11.1 Å². The van der Waals surface area contributed by atoms with E-state index in [9.17, 15) is 0 Å². The molecule has 1 heterocycles. The fourth-order valence-corrected chi connectivity index (χ4v) is 4.64. The summed E-state index contributed by atoms with van der Waals surface area (Å²) in [7, 11) is 0.